The predicted molar refractivity (Wildman–Crippen MR) is 72.0 cm³/mol. The molecule has 4 heteroatoms. The van der Waals surface area contributed by atoms with Gasteiger partial charge in [-0.3, -0.25) is 4.79 Å². The Hall–Kier alpha value is -1.39. The first-order valence-corrected chi connectivity index (χ1v) is 6.34. The third-order valence-corrected chi connectivity index (χ3v) is 2.73. The molecule has 0 aliphatic heterocycles. The molecule has 0 radical (unpaired) electrons. The summed E-state index contributed by atoms with van der Waals surface area (Å²) >= 11 is 0. The lowest BCUT2D eigenvalue weighted by Crippen LogP contribution is -2.35. The van der Waals surface area contributed by atoms with Crippen LogP contribution in [0, 0.1) is 5.92 Å². The van der Waals surface area contributed by atoms with Gasteiger partial charge in [0, 0.05) is 13.2 Å². The van der Waals surface area contributed by atoms with Crippen molar-refractivity contribution < 1.29 is 9.90 Å². The summed E-state index contributed by atoms with van der Waals surface area (Å²) in [6, 6.07) is 9.83. The summed E-state index contributed by atoms with van der Waals surface area (Å²) in [6.45, 7) is 3.88. The Kier molecular flexibility index (Phi) is 7.06. The molecule has 0 heterocycles. The van der Waals surface area contributed by atoms with Crippen molar-refractivity contribution >= 4 is 5.91 Å². The molecule has 18 heavy (non-hydrogen) atoms. The maximum Gasteiger partial charge on any atom is 0.234 e. The van der Waals surface area contributed by atoms with Gasteiger partial charge in [0.05, 0.1) is 6.54 Å². The van der Waals surface area contributed by atoms with Gasteiger partial charge in [0.25, 0.3) is 0 Å². The van der Waals surface area contributed by atoms with Gasteiger partial charge in [0.1, 0.15) is 0 Å². The van der Waals surface area contributed by atoms with E-state index in [0.29, 0.717) is 19.0 Å². The van der Waals surface area contributed by atoms with Crippen LogP contribution in [0.4, 0.5) is 0 Å². The molecule has 1 atom stereocenters. The van der Waals surface area contributed by atoms with Crippen molar-refractivity contribution in [1.82, 2.24) is 10.6 Å². The second-order valence-electron chi connectivity index (χ2n) is 4.51. The molecule has 0 fully saturated rings. The summed E-state index contributed by atoms with van der Waals surface area (Å²) in [6.07, 6.45) is 0.763. The first-order valence-electron chi connectivity index (χ1n) is 6.34. The zero-order valence-electron chi connectivity index (χ0n) is 10.9. The van der Waals surface area contributed by atoms with E-state index in [2.05, 4.69) is 10.6 Å². The minimum Gasteiger partial charge on any atom is -0.396 e. The van der Waals surface area contributed by atoms with Crippen LogP contribution in [0.3, 0.4) is 0 Å². The SMILES string of the molecule is CC(CCO)CNCC(=O)NCc1ccccc1. The lowest BCUT2D eigenvalue weighted by atomic mass is 10.1. The van der Waals surface area contributed by atoms with E-state index in [1.54, 1.807) is 0 Å². The monoisotopic (exact) mass is 250 g/mol. The molecule has 0 aromatic heterocycles. The minimum absolute atomic E-state index is 0.00458. The Morgan fingerprint density at radius 1 is 1.33 bits per heavy atom. The lowest BCUT2D eigenvalue weighted by Gasteiger charge is -2.11. The van der Waals surface area contributed by atoms with Crippen LogP contribution in [0.5, 0.6) is 0 Å². The summed E-state index contributed by atoms with van der Waals surface area (Å²) in [4.78, 5) is 11.5. The largest absolute Gasteiger partial charge is 0.396 e. The standard InChI is InChI=1S/C14H22N2O2/c1-12(7-8-17)9-15-11-14(18)16-10-13-5-3-2-4-6-13/h2-6,12,15,17H,7-11H2,1H3,(H,16,18). The summed E-state index contributed by atoms with van der Waals surface area (Å²) in [7, 11) is 0. The summed E-state index contributed by atoms with van der Waals surface area (Å²) in [5.74, 6) is 0.381. The molecule has 0 aliphatic carbocycles. The molecule has 4 nitrogen and oxygen atoms in total. The fraction of sp³-hybridized carbons (Fsp3) is 0.500. The number of aliphatic hydroxyl groups excluding tert-OH is 1. The molecule has 1 unspecified atom stereocenters. The van der Waals surface area contributed by atoms with E-state index in [0.717, 1.165) is 18.5 Å². The number of benzene rings is 1. The molecule has 3 N–H and O–H groups in total. The molecule has 1 amide bonds. The van der Waals surface area contributed by atoms with Gasteiger partial charge in [-0.1, -0.05) is 37.3 Å². The van der Waals surface area contributed by atoms with Gasteiger partial charge in [-0.05, 0) is 24.4 Å². The van der Waals surface area contributed by atoms with Gasteiger partial charge >= 0.3 is 0 Å². The van der Waals surface area contributed by atoms with Crippen molar-refractivity contribution in [2.75, 3.05) is 19.7 Å². The van der Waals surface area contributed by atoms with Crippen molar-refractivity contribution in [2.24, 2.45) is 5.92 Å². The van der Waals surface area contributed by atoms with Gasteiger partial charge in [0.15, 0.2) is 0 Å². The molecular formula is C14H22N2O2. The molecule has 0 saturated heterocycles. The third kappa shape index (κ3) is 6.37. The summed E-state index contributed by atoms with van der Waals surface area (Å²) in [5, 5.41) is 14.7. The molecule has 0 spiro atoms. The van der Waals surface area contributed by atoms with Gasteiger partial charge in [0.2, 0.25) is 5.91 Å². The molecule has 1 aromatic rings. The van der Waals surface area contributed by atoms with E-state index in [4.69, 9.17) is 5.11 Å². The number of hydrogen-bond acceptors (Lipinski definition) is 3. The molecule has 0 aliphatic rings. The van der Waals surface area contributed by atoms with Crippen LogP contribution in [-0.4, -0.2) is 30.7 Å². The first kappa shape index (κ1) is 14.7. The third-order valence-electron chi connectivity index (χ3n) is 2.73. The number of carbonyl (C=O) groups excluding carboxylic acids is 1. The van der Waals surface area contributed by atoms with Crippen LogP contribution in [-0.2, 0) is 11.3 Å². The Morgan fingerprint density at radius 2 is 2.06 bits per heavy atom. The predicted octanol–water partition coefficient (Wildman–Crippen LogP) is 0.911. The highest BCUT2D eigenvalue weighted by atomic mass is 16.3. The van der Waals surface area contributed by atoms with E-state index in [1.165, 1.54) is 0 Å². The van der Waals surface area contributed by atoms with Crippen molar-refractivity contribution in [2.45, 2.75) is 19.9 Å². The average molecular weight is 250 g/mol. The van der Waals surface area contributed by atoms with E-state index >= 15 is 0 Å². The van der Waals surface area contributed by atoms with Crippen LogP contribution in [0.1, 0.15) is 18.9 Å². The molecular weight excluding hydrogens is 228 g/mol. The van der Waals surface area contributed by atoms with Crippen molar-refractivity contribution in [3.8, 4) is 0 Å². The lowest BCUT2D eigenvalue weighted by molar-refractivity contribution is -0.120. The molecule has 1 aromatic carbocycles. The van der Waals surface area contributed by atoms with Crippen LogP contribution in [0.15, 0.2) is 30.3 Å². The van der Waals surface area contributed by atoms with Crippen molar-refractivity contribution in [1.29, 1.82) is 0 Å². The minimum atomic E-state index is -0.00458. The smallest absolute Gasteiger partial charge is 0.234 e. The highest BCUT2D eigenvalue weighted by Crippen LogP contribution is 1.98. The Balaban J connectivity index is 2.11. The number of hydrogen-bond donors (Lipinski definition) is 3. The van der Waals surface area contributed by atoms with Gasteiger partial charge < -0.3 is 15.7 Å². The maximum absolute atomic E-state index is 11.5. The van der Waals surface area contributed by atoms with Crippen LogP contribution < -0.4 is 10.6 Å². The zero-order chi connectivity index (χ0) is 13.2. The number of carbonyl (C=O) groups is 1. The van der Waals surface area contributed by atoms with E-state index < -0.39 is 0 Å². The number of amides is 1. The van der Waals surface area contributed by atoms with Gasteiger partial charge in [-0.25, -0.2) is 0 Å². The molecule has 100 valence electrons. The number of nitrogens with one attached hydrogen (secondary N) is 2. The van der Waals surface area contributed by atoms with E-state index in [9.17, 15) is 4.79 Å². The Morgan fingerprint density at radius 3 is 2.72 bits per heavy atom. The van der Waals surface area contributed by atoms with Gasteiger partial charge in [-0.2, -0.15) is 0 Å². The van der Waals surface area contributed by atoms with Crippen LogP contribution in [0.25, 0.3) is 0 Å². The highest BCUT2D eigenvalue weighted by molar-refractivity contribution is 5.77. The Labute approximate surface area is 108 Å². The maximum atomic E-state index is 11.5. The van der Waals surface area contributed by atoms with E-state index in [1.807, 2.05) is 37.3 Å². The molecule has 1 rings (SSSR count). The van der Waals surface area contributed by atoms with Gasteiger partial charge in [-0.15, -0.1) is 0 Å². The zero-order valence-corrected chi connectivity index (χ0v) is 10.9. The average Bonchev–Trinajstić information content (AvgIpc) is 2.38. The molecule has 0 bridgehead atoms. The van der Waals surface area contributed by atoms with Crippen LogP contribution >= 0.6 is 0 Å². The van der Waals surface area contributed by atoms with Crippen LogP contribution in [0.2, 0.25) is 0 Å². The quantitative estimate of drug-likeness (QED) is 0.642. The second kappa shape index (κ2) is 8.66. The summed E-state index contributed by atoms with van der Waals surface area (Å²) in [5.41, 5.74) is 1.10. The highest BCUT2D eigenvalue weighted by Gasteiger charge is 2.03. The molecule has 0 saturated carbocycles. The number of aliphatic hydroxyl groups is 1. The summed E-state index contributed by atoms with van der Waals surface area (Å²) < 4.78 is 0. The first-order chi connectivity index (χ1) is 8.72. The van der Waals surface area contributed by atoms with E-state index in [-0.39, 0.29) is 12.5 Å². The number of rotatable bonds is 8. The topological polar surface area (TPSA) is 61.4 Å². The van der Waals surface area contributed by atoms with Crippen molar-refractivity contribution in [3.63, 3.8) is 0 Å². The van der Waals surface area contributed by atoms with Crippen molar-refractivity contribution in [3.05, 3.63) is 35.9 Å². The second-order valence-corrected chi connectivity index (χ2v) is 4.51. The normalized spacial score (nSPS) is 12.1. The fourth-order valence-corrected chi connectivity index (χ4v) is 1.61. The fourth-order valence-electron chi connectivity index (χ4n) is 1.61. The Bertz CT molecular complexity index is 341.